The van der Waals surface area contributed by atoms with Crippen LogP contribution >= 0.6 is 0 Å². The summed E-state index contributed by atoms with van der Waals surface area (Å²) in [6, 6.07) is -4.97. The van der Waals surface area contributed by atoms with Crippen molar-refractivity contribution in [2.24, 2.45) is 0 Å². The molecule has 0 aromatic heterocycles. The van der Waals surface area contributed by atoms with Crippen LogP contribution in [0.15, 0.2) is 12.2 Å². The molecule has 0 bridgehead atoms. The van der Waals surface area contributed by atoms with Gasteiger partial charge in [0, 0.05) is 20.3 Å². The lowest BCUT2D eigenvalue weighted by Gasteiger charge is -2.51. The lowest BCUT2D eigenvalue weighted by molar-refractivity contribution is -0.405. The zero-order valence-electron chi connectivity index (χ0n) is 81.1. The lowest BCUT2D eigenvalue weighted by Crippen LogP contribution is -2.71. The molecule has 8 saturated heterocycles. The molecule has 139 heavy (non-hydrogen) atoms. The Morgan fingerprint density at radius 2 is 0.590 bits per heavy atom. The van der Waals surface area contributed by atoms with Crippen molar-refractivity contribution in [1.82, 2.24) is 16.0 Å². The third kappa shape index (κ3) is 35.7. The van der Waals surface area contributed by atoms with Gasteiger partial charge >= 0.3 is 0 Å². The van der Waals surface area contributed by atoms with Gasteiger partial charge in [0.15, 0.2) is 50.3 Å². The smallest absolute Gasteiger partial charge is 0.220 e. The first kappa shape index (κ1) is 121. The van der Waals surface area contributed by atoms with E-state index < -0.39 is 322 Å². The SMILES string of the molecule is CCCCCCCCCCCCC/C=C/[C@@H](O)[C@H](CO[C@@H]1OC(CO)[C@@H](O[C@@H]2OC(CO)[C@H](O)[C@H](O[C@@H]3OC(CO)[C@@H](O[C@@H]4OC(CO)[C@H](O)[C@H](O[C@@H]5OC(CO)[C@@H](O[C@@H]6OC(CO)[C@H](O)[C@H](O[C@H]7OC(CO)[C@H](O)[C@H](O)C7O)C6O[C@H]6OC(C)[C@@H](O)C(O)[C@@H]6O)[C@H](O)C5NC(C)=O)C4O)[C@H](O)C3NC(C)=O)C2O)[C@H](O)C1O)NC(=O)CCCCCCCCCCCCCCCCCCCCCCC. The monoisotopic (exact) mass is 2010 g/mol. The Bertz CT molecular complexity index is 3360. The van der Waals surface area contributed by atoms with Gasteiger partial charge in [-0.3, -0.25) is 14.4 Å². The van der Waals surface area contributed by atoms with Crippen LogP contribution < -0.4 is 16.0 Å². The normalized spacial score (nSPS) is 39.0. The molecule has 812 valence electrons. The fourth-order valence-corrected chi connectivity index (χ4v) is 19.0. The molecule has 45 nitrogen and oxygen atoms in total. The number of rotatable bonds is 63. The number of carbonyl (C=O) groups excluding carboxylic acids is 3. The fourth-order valence-electron chi connectivity index (χ4n) is 19.0. The first-order chi connectivity index (χ1) is 66.8. The summed E-state index contributed by atoms with van der Waals surface area (Å²) >= 11 is 0. The third-order valence-corrected chi connectivity index (χ3v) is 27.4. The highest BCUT2D eigenvalue weighted by molar-refractivity contribution is 5.76. The number of aliphatic hydroxyl groups is 23. The molecule has 8 fully saturated rings. The highest BCUT2D eigenvalue weighted by Gasteiger charge is 2.61. The van der Waals surface area contributed by atoms with Gasteiger partial charge in [-0.05, 0) is 26.2 Å². The van der Waals surface area contributed by atoms with Crippen LogP contribution in [0.5, 0.6) is 0 Å². The van der Waals surface area contributed by atoms with E-state index in [9.17, 15) is 132 Å². The van der Waals surface area contributed by atoms with Gasteiger partial charge in [0.05, 0.1) is 71.1 Å². The first-order valence-electron chi connectivity index (χ1n) is 50.9. The molecule has 0 aromatic rings. The van der Waals surface area contributed by atoms with Crippen molar-refractivity contribution >= 4 is 17.7 Å². The Morgan fingerprint density at radius 3 is 0.986 bits per heavy atom. The molecule has 8 aliphatic heterocycles. The quantitative estimate of drug-likeness (QED) is 0.0208. The second-order valence-electron chi connectivity index (χ2n) is 38.4. The largest absolute Gasteiger partial charge is 0.394 e. The molecule has 0 saturated carbocycles. The van der Waals surface area contributed by atoms with Crippen LogP contribution in [0.25, 0.3) is 0 Å². The van der Waals surface area contributed by atoms with Crippen LogP contribution in [-0.2, 0) is 90.2 Å². The second-order valence-corrected chi connectivity index (χ2v) is 38.4. The molecule has 0 spiro atoms. The summed E-state index contributed by atoms with van der Waals surface area (Å²) in [5.41, 5.74) is 0. The maximum absolute atomic E-state index is 13.7. The lowest BCUT2D eigenvalue weighted by atomic mass is 9.93. The Morgan fingerprint density at radius 1 is 0.295 bits per heavy atom. The minimum atomic E-state index is -2.36. The van der Waals surface area contributed by atoms with Gasteiger partial charge in [-0.2, -0.15) is 0 Å². The maximum atomic E-state index is 13.7. The van der Waals surface area contributed by atoms with E-state index in [4.69, 9.17) is 75.8 Å². The number of amides is 3. The predicted octanol–water partition coefficient (Wildman–Crippen LogP) is -3.41. The van der Waals surface area contributed by atoms with Crippen LogP contribution in [-0.4, -0.2) is 446 Å². The Labute approximate surface area is 813 Å². The van der Waals surface area contributed by atoms with Gasteiger partial charge in [0.25, 0.3) is 0 Å². The number of carbonyl (C=O) groups is 3. The molecular formula is C94H169N3O42. The number of aliphatic hydroxyl groups excluding tert-OH is 23. The van der Waals surface area contributed by atoms with Gasteiger partial charge in [-0.15, -0.1) is 0 Å². The average Bonchev–Trinajstić information content (AvgIpc) is 0.762. The van der Waals surface area contributed by atoms with Crippen molar-refractivity contribution in [2.75, 3.05) is 52.9 Å². The number of nitrogens with one attached hydrogen (secondary N) is 3. The van der Waals surface area contributed by atoms with Crippen molar-refractivity contribution in [1.29, 1.82) is 0 Å². The van der Waals surface area contributed by atoms with E-state index in [0.717, 1.165) is 65.2 Å². The van der Waals surface area contributed by atoms with Crippen molar-refractivity contribution in [2.45, 2.75) is 511 Å². The Balaban J connectivity index is 0.901. The first-order valence-corrected chi connectivity index (χ1v) is 50.9. The maximum Gasteiger partial charge on any atom is 0.220 e. The van der Waals surface area contributed by atoms with Crippen molar-refractivity contribution in [3.63, 3.8) is 0 Å². The van der Waals surface area contributed by atoms with Crippen LogP contribution in [0.1, 0.15) is 253 Å². The molecule has 8 rings (SSSR count). The van der Waals surface area contributed by atoms with Crippen molar-refractivity contribution < 1.29 is 208 Å². The molecule has 45 heteroatoms. The van der Waals surface area contributed by atoms with Gasteiger partial charge in [0.2, 0.25) is 17.7 Å². The van der Waals surface area contributed by atoms with Crippen molar-refractivity contribution in [3.8, 4) is 0 Å². The molecule has 26 N–H and O–H groups in total. The fraction of sp³-hybridized carbons (Fsp3) is 0.947. The minimum Gasteiger partial charge on any atom is -0.394 e. The average molecular weight is 2010 g/mol. The van der Waals surface area contributed by atoms with Gasteiger partial charge in [-0.25, -0.2) is 0 Å². The van der Waals surface area contributed by atoms with Crippen LogP contribution in [0.3, 0.4) is 0 Å². The molecule has 0 radical (unpaired) electrons. The van der Waals surface area contributed by atoms with E-state index in [-0.39, 0.29) is 12.3 Å². The van der Waals surface area contributed by atoms with Crippen LogP contribution in [0.2, 0.25) is 0 Å². The van der Waals surface area contributed by atoms with Crippen molar-refractivity contribution in [3.05, 3.63) is 12.2 Å². The summed E-state index contributed by atoms with van der Waals surface area (Å²) in [5.74, 6) is -2.22. The summed E-state index contributed by atoms with van der Waals surface area (Å²) < 4.78 is 95.9. The molecule has 8 heterocycles. The summed E-state index contributed by atoms with van der Waals surface area (Å²) in [4.78, 5) is 40.0. The summed E-state index contributed by atoms with van der Waals surface area (Å²) in [7, 11) is 0. The third-order valence-electron chi connectivity index (χ3n) is 27.4. The Hall–Kier alpha value is -3.41. The van der Waals surface area contributed by atoms with Crippen LogP contribution in [0, 0.1) is 0 Å². The van der Waals surface area contributed by atoms with E-state index >= 15 is 0 Å². The van der Waals surface area contributed by atoms with Gasteiger partial charge < -0.3 is 209 Å². The topological polar surface area (TPSA) is 700 Å². The number of ether oxygens (including phenoxy) is 16. The van der Waals surface area contributed by atoms with E-state index in [0.29, 0.717) is 12.8 Å². The number of hydrogen-bond donors (Lipinski definition) is 26. The highest BCUT2D eigenvalue weighted by Crippen LogP contribution is 2.41. The second kappa shape index (κ2) is 63.4. The molecule has 0 aromatic carbocycles. The number of hydrogen-bond acceptors (Lipinski definition) is 42. The zero-order chi connectivity index (χ0) is 102. The van der Waals surface area contributed by atoms with Gasteiger partial charge in [-0.1, -0.05) is 219 Å². The zero-order valence-corrected chi connectivity index (χ0v) is 81.1. The van der Waals surface area contributed by atoms with E-state index in [2.05, 4.69) is 29.8 Å². The molecule has 3 amide bonds. The minimum absolute atomic E-state index is 0.155. The molecular weight excluding hydrogens is 1840 g/mol. The molecule has 42 atom stereocenters. The predicted molar refractivity (Wildman–Crippen MR) is 485 cm³/mol. The van der Waals surface area contributed by atoms with Crippen LogP contribution in [0.4, 0.5) is 0 Å². The molecule has 8 aliphatic rings. The summed E-state index contributed by atoms with van der Waals surface area (Å²) in [6.45, 7) is -0.345. The Kier molecular flexibility index (Phi) is 55.1. The molecule has 16 unspecified atom stereocenters. The number of unbranched alkanes of at least 4 members (excludes halogenated alkanes) is 31. The van der Waals surface area contributed by atoms with E-state index in [1.54, 1.807) is 6.08 Å². The number of allylic oxidation sites excluding steroid dienone is 1. The highest BCUT2D eigenvalue weighted by atomic mass is 16.8. The van der Waals surface area contributed by atoms with E-state index in [1.807, 2.05) is 6.08 Å². The van der Waals surface area contributed by atoms with E-state index in [1.165, 1.54) is 155 Å². The summed E-state index contributed by atoms with van der Waals surface area (Å²) in [5, 5.41) is 267. The summed E-state index contributed by atoms with van der Waals surface area (Å²) in [6.07, 6.45) is -35.2. The van der Waals surface area contributed by atoms with Gasteiger partial charge in [0.1, 0.15) is 189 Å². The standard InChI is InChI=1S/C94H169N3O42/c1-6-8-10-12-14-16-18-20-21-22-23-24-25-26-27-29-31-33-35-37-39-41-62(108)97-53(54(107)40-38-36-34-32-30-28-19-17-15-13-11-9-7-2)49-124-89-77(121)74(118)82(61(48-104)132-89)134-93-79(123)84(68(112)57(44-100)128-93)137-87-63(95-51(4)105)70(114)80(59(46-102)130-87)133-92-78(122)83(67(111)56(43-99)127-92)136-88-64(96-52(5)106)71(115)81(60(47-103)131-88)135-94-86(139-90-75(119)72(116)65(109)50(3)125-90)85(69(113)58(45-101)129-94)138-91-76(120)73(117)66(110)55(42-98)126-91/h38,40,50,53-61,63-94,98-104,107,109-123H,6-37,39,41-49H2,1-5H3,(H,95,105)(H,96,106)(H,97,108)/b40-38+/t50?,53-,54+,55?,56?,57?,58?,59?,60?,61?,63?,64?,65+,66-,67-,68-,69-,70+,71+,72?,73-,74+,75-,76?,77?,78?,79?,80+,81+,82+,83-,84-,85-,86?,87-,88-,89+,90+,91+,92-,93-,94-/m0/s1. The molecule has 0 aliphatic carbocycles.